The summed E-state index contributed by atoms with van der Waals surface area (Å²) in [4.78, 5) is 4.28. The van der Waals surface area contributed by atoms with E-state index in [1.807, 2.05) is 12.4 Å². The second kappa shape index (κ2) is 9.18. The Bertz CT molecular complexity index is 2140. The van der Waals surface area contributed by atoms with Crippen molar-refractivity contribution in [3.63, 3.8) is 0 Å². The minimum Gasteiger partial charge on any atom is -0.265 e. The van der Waals surface area contributed by atoms with Crippen molar-refractivity contribution in [2.24, 2.45) is 0 Å². The third-order valence-electron chi connectivity index (χ3n) is 8.13. The van der Waals surface area contributed by atoms with Gasteiger partial charge in [0.05, 0.1) is 0 Å². The van der Waals surface area contributed by atoms with Crippen LogP contribution in [0.25, 0.3) is 76.5 Å². The van der Waals surface area contributed by atoms with Gasteiger partial charge in [0.2, 0.25) is 0 Å². The van der Waals surface area contributed by atoms with Gasteiger partial charge in [-0.25, -0.2) is 0 Å². The molecule has 0 aliphatic carbocycles. The Kier molecular flexibility index (Phi) is 5.21. The topological polar surface area (TPSA) is 12.9 Å². The van der Waals surface area contributed by atoms with E-state index >= 15 is 0 Å². The van der Waals surface area contributed by atoms with Gasteiger partial charge in [-0.1, -0.05) is 115 Å². The second-order valence-electron chi connectivity index (χ2n) is 10.3. The maximum Gasteiger partial charge on any atom is 0.0273 e. The van der Waals surface area contributed by atoms with E-state index in [1.165, 1.54) is 76.5 Å². The van der Waals surface area contributed by atoms with Crippen LogP contribution in [-0.2, 0) is 0 Å². The van der Waals surface area contributed by atoms with E-state index in [0.29, 0.717) is 0 Å². The minimum absolute atomic E-state index is 1.19. The van der Waals surface area contributed by atoms with Gasteiger partial charge < -0.3 is 0 Å². The predicted octanol–water partition coefficient (Wildman–Crippen LogP) is 10.7. The van der Waals surface area contributed by atoms with Crippen LogP contribution in [0.5, 0.6) is 0 Å². The zero-order valence-electron chi connectivity index (χ0n) is 21.9. The first kappa shape index (κ1) is 22.7. The van der Waals surface area contributed by atoms with Gasteiger partial charge >= 0.3 is 0 Å². The third-order valence-corrected chi connectivity index (χ3v) is 8.13. The number of fused-ring (bicyclic) bond motifs is 5. The molecule has 1 heteroatoms. The number of benzene rings is 7. The van der Waals surface area contributed by atoms with Gasteiger partial charge in [0, 0.05) is 12.4 Å². The summed E-state index contributed by atoms with van der Waals surface area (Å²) in [6.45, 7) is 0. The van der Waals surface area contributed by atoms with Gasteiger partial charge in [-0.3, -0.25) is 4.98 Å². The highest BCUT2D eigenvalue weighted by Gasteiger charge is 2.17. The summed E-state index contributed by atoms with van der Waals surface area (Å²) >= 11 is 0. The lowest BCUT2D eigenvalue weighted by molar-refractivity contribution is 1.33. The molecule has 0 radical (unpaired) electrons. The molecule has 0 spiro atoms. The van der Waals surface area contributed by atoms with Crippen LogP contribution in [0, 0.1) is 0 Å². The zero-order valence-corrected chi connectivity index (χ0v) is 21.9. The first-order chi connectivity index (χ1) is 19.9. The molecule has 0 N–H and O–H groups in total. The Labute approximate surface area is 233 Å². The van der Waals surface area contributed by atoms with Crippen LogP contribution in [0.2, 0.25) is 0 Å². The summed E-state index contributed by atoms with van der Waals surface area (Å²) in [6.07, 6.45) is 3.76. The lowest BCUT2D eigenvalue weighted by atomic mass is 9.85. The van der Waals surface area contributed by atoms with E-state index in [1.54, 1.807) is 0 Å². The van der Waals surface area contributed by atoms with Crippen molar-refractivity contribution in [3.8, 4) is 33.4 Å². The van der Waals surface area contributed by atoms with Crippen molar-refractivity contribution in [2.45, 2.75) is 0 Å². The third kappa shape index (κ3) is 3.52. The highest BCUT2D eigenvalue weighted by atomic mass is 14.6. The van der Waals surface area contributed by atoms with Crippen LogP contribution in [0.1, 0.15) is 0 Å². The Morgan fingerprint density at radius 1 is 0.325 bits per heavy atom. The van der Waals surface area contributed by atoms with Gasteiger partial charge in [0.15, 0.2) is 0 Å². The Morgan fingerprint density at radius 3 is 1.48 bits per heavy atom. The first-order valence-corrected chi connectivity index (χ1v) is 13.7. The van der Waals surface area contributed by atoms with E-state index < -0.39 is 0 Å². The molecule has 7 aromatic carbocycles. The van der Waals surface area contributed by atoms with Crippen LogP contribution in [0.15, 0.2) is 152 Å². The van der Waals surface area contributed by atoms with Crippen molar-refractivity contribution in [2.75, 3.05) is 0 Å². The minimum atomic E-state index is 1.19. The van der Waals surface area contributed by atoms with Crippen LogP contribution < -0.4 is 0 Å². The monoisotopic (exact) mass is 507 g/mol. The largest absolute Gasteiger partial charge is 0.265 e. The van der Waals surface area contributed by atoms with Crippen molar-refractivity contribution in [1.82, 2.24) is 4.98 Å². The fourth-order valence-corrected chi connectivity index (χ4v) is 6.38. The van der Waals surface area contributed by atoms with E-state index in [0.717, 1.165) is 0 Å². The summed E-state index contributed by atoms with van der Waals surface area (Å²) in [7, 11) is 0. The van der Waals surface area contributed by atoms with E-state index in [4.69, 9.17) is 0 Å². The fourth-order valence-electron chi connectivity index (χ4n) is 6.38. The van der Waals surface area contributed by atoms with Gasteiger partial charge in [0.1, 0.15) is 0 Å². The second-order valence-corrected chi connectivity index (χ2v) is 10.3. The molecule has 0 atom stereocenters. The van der Waals surface area contributed by atoms with Gasteiger partial charge in [0.25, 0.3) is 0 Å². The summed E-state index contributed by atoms with van der Waals surface area (Å²) in [5, 5.41) is 10.1. The zero-order chi connectivity index (χ0) is 26.5. The molecule has 1 aromatic heterocycles. The Morgan fingerprint density at radius 2 is 0.850 bits per heavy atom. The quantitative estimate of drug-likeness (QED) is 0.171. The van der Waals surface area contributed by atoms with E-state index in [9.17, 15) is 0 Å². The SMILES string of the molecule is c1ccc(-c2cc3ccc(-c4c5ccccc5c(-c5ccncc5)c5ccccc45)cc3c3ccccc23)cc1. The summed E-state index contributed by atoms with van der Waals surface area (Å²) < 4.78 is 0. The normalized spacial score (nSPS) is 11.5. The molecule has 0 saturated heterocycles. The Balaban J connectivity index is 1.46. The van der Waals surface area contributed by atoms with E-state index in [2.05, 4.69) is 145 Å². The molecular formula is C39H25N. The lowest BCUT2D eigenvalue weighted by Crippen LogP contribution is -1.91. The molecule has 0 unspecified atom stereocenters. The first-order valence-electron chi connectivity index (χ1n) is 13.7. The fraction of sp³-hybridized carbons (Fsp3) is 0. The average molecular weight is 508 g/mol. The van der Waals surface area contributed by atoms with E-state index in [-0.39, 0.29) is 0 Å². The highest BCUT2D eigenvalue weighted by molar-refractivity contribution is 6.22. The Hall–Kier alpha value is -5.27. The van der Waals surface area contributed by atoms with Crippen LogP contribution in [0.4, 0.5) is 0 Å². The van der Waals surface area contributed by atoms with Gasteiger partial charge in [-0.05, 0) is 101 Å². The van der Waals surface area contributed by atoms with Crippen molar-refractivity contribution in [1.29, 1.82) is 0 Å². The molecule has 1 heterocycles. The number of hydrogen-bond acceptors (Lipinski definition) is 1. The van der Waals surface area contributed by atoms with Gasteiger partial charge in [-0.15, -0.1) is 0 Å². The molecule has 0 bridgehead atoms. The molecule has 0 saturated carbocycles. The molecule has 40 heavy (non-hydrogen) atoms. The highest BCUT2D eigenvalue weighted by Crippen LogP contribution is 2.45. The smallest absolute Gasteiger partial charge is 0.0273 e. The van der Waals surface area contributed by atoms with Crippen molar-refractivity contribution >= 4 is 43.1 Å². The molecule has 0 aliphatic heterocycles. The molecule has 1 nitrogen and oxygen atoms in total. The summed E-state index contributed by atoms with van der Waals surface area (Å²) in [5.41, 5.74) is 7.48. The molecule has 186 valence electrons. The number of pyridine rings is 1. The van der Waals surface area contributed by atoms with Crippen LogP contribution >= 0.6 is 0 Å². The molecule has 0 aliphatic rings. The van der Waals surface area contributed by atoms with Gasteiger partial charge in [-0.2, -0.15) is 0 Å². The van der Waals surface area contributed by atoms with Crippen molar-refractivity contribution in [3.05, 3.63) is 152 Å². The number of nitrogens with zero attached hydrogens (tertiary/aromatic N) is 1. The number of rotatable bonds is 3. The maximum absolute atomic E-state index is 4.28. The number of hydrogen-bond donors (Lipinski definition) is 0. The summed E-state index contributed by atoms with van der Waals surface area (Å²) in [5.74, 6) is 0. The van der Waals surface area contributed by atoms with Crippen LogP contribution in [-0.4, -0.2) is 4.98 Å². The molecular weight excluding hydrogens is 482 g/mol. The molecule has 8 rings (SSSR count). The molecule has 8 aromatic rings. The molecule has 0 fully saturated rings. The predicted molar refractivity (Wildman–Crippen MR) is 171 cm³/mol. The van der Waals surface area contributed by atoms with Crippen molar-refractivity contribution < 1.29 is 0 Å². The lowest BCUT2D eigenvalue weighted by Gasteiger charge is -2.18. The number of aromatic nitrogens is 1. The maximum atomic E-state index is 4.28. The standard InChI is InChI=1S/C39H25N/c1-2-10-26(11-3-1)36-24-28-18-19-29(25-37(28)31-13-5-4-12-30(31)36)39-34-16-8-6-14-32(34)38(27-20-22-40-23-21-27)33-15-7-9-17-35(33)39/h1-25H. The average Bonchev–Trinajstić information content (AvgIpc) is 3.04. The molecule has 0 amide bonds. The summed E-state index contributed by atoms with van der Waals surface area (Å²) in [6, 6.07) is 50.7. The van der Waals surface area contributed by atoms with Crippen LogP contribution in [0.3, 0.4) is 0 Å².